The van der Waals surface area contributed by atoms with E-state index in [0.717, 1.165) is 24.8 Å². The van der Waals surface area contributed by atoms with E-state index in [2.05, 4.69) is 67.3 Å². The first-order valence-electron chi connectivity index (χ1n) is 10.5. The zero-order valence-corrected chi connectivity index (χ0v) is 20.3. The molecule has 1 aromatic rings. The van der Waals surface area contributed by atoms with Crippen LogP contribution in [0, 0.1) is 0 Å². The van der Waals surface area contributed by atoms with Gasteiger partial charge in [-0.25, -0.2) is 4.79 Å². The highest BCUT2D eigenvalue weighted by molar-refractivity contribution is 6.74. The molecule has 1 heterocycles. The van der Waals surface area contributed by atoms with Gasteiger partial charge in [0.05, 0.1) is 23.9 Å². The van der Waals surface area contributed by atoms with Crippen molar-refractivity contribution in [2.45, 2.75) is 95.6 Å². The van der Waals surface area contributed by atoms with E-state index < -0.39 is 13.9 Å². The van der Waals surface area contributed by atoms with E-state index in [0.29, 0.717) is 6.61 Å². The highest BCUT2D eigenvalue weighted by atomic mass is 28.4. The van der Waals surface area contributed by atoms with Crippen molar-refractivity contribution in [3.05, 3.63) is 24.0 Å². The summed E-state index contributed by atoms with van der Waals surface area (Å²) >= 11 is 0. The molecule has 1 amide bonds. The maximum absolute atomic E-state index is 12.0. The van der Waals surface area contributed by atoms with Crippen LogP contribution in [0.2, 0.25) is 18.1 Å². The minimum Gasteiger partial charge on any atom is -0.444 e. The van der Waals surface area contributed by atoms with Crippen LogP contribution in [0.5, 0.6) is 0 Å². The smallest absolute Gasteiger partial charge is 0.408 e. The second kappa shape index (κ2) is 6.98. The average molecular weight is 420 g/mol. The number of nitrogens with zero attached hydrogens (tertiary/aromatic N) is 2. The molecule has 6 nitrogen and oxygen atoms in total. The fraction of sp³-hybridized carbons (Fsp3) is 0.727. The monoisotopic (exact) mass is 419 g/mol. The van der Waals surface area contributed by atoms with Gasteiger partial charge in [-0.3, -0.25) is 4.68 Å². The fourth-order valence-electron chi connectivity index (χ4n) is 3.97. The van der Waals surface area contributed by atoms with Crippen LogP contribution in [-0.2, 0) is 14.7 Å². The molecular weight excluding hydrogens is 382 g/mol. The van der Waals surface area contributed by atoms with Gasteiger partial charge in [0, 0.05) is 11.8 Å². The van der Waals surface area contributed by atoms with Crippen LogP contribution in [0.25, 0.3) is 6.08 Å². The van der Waals surface area contributed by atoms with E-state index in [-0.39, 0.29) is 22.2 Å². The first-order chi connectivity index (χ1) is 13.2. The summed E-state index contributed by atoms with van der Waals surface area (Å²) in [6.45, 7) is 17.6. The molecule has 0 aromatic carbocycles. The van der Waals surface area contributed by atoms with Crippen molar-refractivity contribution in [3.8, 4) is 0 Å². The predicted octanol–water partition coefficient (Wildman–Crippen LogP) is 5.07. The maximum Gasteiger partial charge on any atom is 0.408 e. The summed E-state index contributed by atoms with van der Waals surface area (Å²) in [4.78, 5) is 12.0. The maximum atomic E-state index is 12.0. The number of aromatic nitrogens is 2. The van der Waals surface area contributed by atoms with Gasteiger partial charge in [0.1, 0.15) is 5.60 Å². The molecule has 0 aliphatic heterocycles. The molecule has 1 aromatic heterocycles. The van der Waals surface area contributed by atoms with Gasteiger partial charge >= 0.3 is 6.09 Å². The van der Waals surface area contributed by atoms with Crippen LogP contribution in [0.4, 0.5) is 4.79 Å². The van der Waals surface area contributed by atoms with Crippen LogP contribution < -0.4 is 5.32 Å². The highest BCUT2D eigenvalue weighted by Gasteiger charge is 2.70. The molecule has 0 radical (unpaired) electrons. The van der Waals surface area contributed by atoms with Crippen molar-refractivity contribution in [2.75, 3.05) is 6.61 Å². The number of alkyl carbamates (subject to hydrolysis) is 1. The lowest BCUT2D eigenvalue weighted by atomic mass is 9.44. The summed E-state index contributed by atoms with van der Waals surface area (Å²) in [6.07, 6.45) is 10.6. The van der Waals surface area contributed by atoms with Gasteiger partial charge in [-0.05, 0) is 58.2 Å². The Hall–Kier alpha value is -1.60. The molecule has 29 heavy (non-hydrogen) atoms. The van der Waals surface area contributed by atoms with Crippen molar-refractivity contribution < 1.29 is 14.0 Å². The second-order valence-electron chi connectivity index (χ2n) is 11.4. The van der Waals surface area contributed by atoms with Crippen molar-refractivity contribution in [1.82, 2.24) is 15.1 Å². The summed E-state index contributed by atoms with van der Waals surface area (Å²) in [5, 5.41) is 7.85. The Morgan fingerprint density at radius 3 is 2.41 bits per heavy atom. The van der Waals surface area contributed by atoms with Gasteiger partial charge in [0.15, 0.2) is 8.32 Å². The molecule has 7 heteroatoms. The van der Waals surface area contributed by atoms with Crippen LogP contribution in [0.1, 0.15) is 66.4 Å². The zero-order chi connectivity index (χ0) is 21.7. The Bertz CT molecular complexity index is 779. The summed E-state index contributed by atoms with van der Waals surface area (Å²) in [5.74, 6) is 0. The van der Waals surface area contributed by atoms with Crippen molar-refractivity contribution in [1.29, 1.82) is 0 Å². The van der Waals surface area contributed by atoms with Gasteiger partial charge < -0.3 is 14.5 Å². The predicted molar refractivity (Wildman–Crippen MR) is 118 cm³/mol. The van der Waals surface area contributed by atoms with E-state index in [4.69, 9.17) is 9.16 Å². The third kappa shape index (κ3) is 4.61. The molecule has 4 rings (SSSR count). The number of ether oxygens (including phenoxy) is 1. The zero-order valence-electron chi connectivity index (χ0n) is 19.3. The number of hydrogen-bond donors (Lipinski definition) is 1. The molecule has 162 valence electrons. The molecular formula is C22H37N3O3Si. The van der Waals surface area contributed by atoms with Gasteiger partial charge in [-0.2, -0.15) is 5.10 Å². The van der Waals surface area contributed by atoms with Crippen LogP contribution >= 0.6 is 0 Å². The van der Waals surface area contributed by atoms with Crippen LogP contribution in [-0.4, -0.2) is 41.9 Å². The normalized spacial score (nSPS) is 26.8. The molecule has 0 saturated heterocycles. The number of carbonyl (C=O) groups excluding carboxylic acids is 1. The van der Waals surface area contributed by atoms with Crippen molar-refractivity contribution >= 4 is 20.5 Å². The van der Waals surface area contributed by atoms with E-state index in [1.54, 1.807) is 0 Å². The topological polar surface area (TPSA) is 65.4 Å². The molecule has 3 fully saturated rings. The Labute approximate surface area is 176 Å². The number of hydrogen-bond acceptors (Lipinski definition) is 4. The molecule has 1 N–H and O–H groups in total. The van der Waals surface area contributed by atoms with E-state index in [1.165, 1.54) is 0 Å². The van der Waals surface area contributed by atoms with Gasteiger partial charge in [-0.1, -0.05) is 32.9 Å². The molecule has 0 atom stereocenters. The molecule has 3 aliphatic carbocycles. The number of rotatable bonds is 6. The highest BCUT2D eigenvalue weighted by Crippen LogP contribution is 2.65. The minimum atomic E-state index is -1.71. The summed E-state index contributed by atoms with van der Waals surface area (Å²) in [7, 11) is -1.71. The summed E-state index contributed by atoms with van der Waals surface area (Å²) in [5.41, 5.74) is 0.561. The van der Waals surface area contributed by atoms with Gasteiger partial charge in [0.2, 0.25) is 0 Å². The van der Waals surface area contributed by atoms with Crippen molar-refractivity contribution in [3.63, 3.8) is 0 Å². The number of amides is 1. The lowest BCUT2D eigenvalue weighted by Crippen LogP contribution is -2.79. The average Bonchev–Trinajstić information content (AvgIpc) is 2.91. The lowest BCUT2D eigenvalue weighted by molar-refractivity contribution is -0.143. The third-order valence-electron chi connectivity index (χ3n) is 6.51. The molecule has 0 unspecified atom stereocenters. The first kappa shape index (κ1) is 22.1. The van der Waals surface area contributed by atoms with E-state index >= 15 is 0 Å². The molecule has 3 aliphatic rings. The standard InChI is InChI=1S/C22H37N3O3Si/c1-19(2,3)28-18(26)24-21-14-22(15-21,16-21)25-13-17(12-23-25)10-9-11-27-29(7,8)20(4,5)6/h9-10,12-13H,11,14-16H2,1-8H3,(H,24,26)/b10-9+. The Morgan fingerprint density at radius 1 is 1.24 bits per heavy atom. The summed E-state index contributed by atoms with van der Waals surface area (Å²) < 4.78 is 13.6. The molecule has 2 bridgehead atoms. The second-order valence-corrected chi connectivity index (χ2v) is 16.2. The SMILES string of the molecule is CC(C)(C)OC(=O)NC12CC(n3cc(/C=C/CO[Si](C)(C)C(C)(C)C)cn3)(C1)C2. The van der Waals surface area contributed by atoms with Gasteiger partial charge in [-0.15, -0.1) is 0 Å². The quantitative estimate of drug-likeness (QED) is 0.654. The van der Waals surface area contributed by atoms with Gasteiger partial charge in [0.25, 0.3) is 0 Å². The molecule has 0 spiro atoms. The lowest BCUT2D eigenvalue weighted by Gasteiger charge is -2.69. The largest absolute Gasteiger partial charge is 0.444 e. The number of carbonyl (C=O) groups is 1. The Balaban J connectivity index is 1.48. The number of nitrogens with one attached hydrogen (secondary N) is 1. The third-order valence-corrected chi connectivity index (χ3v) is 11.0. The van der Waals surface area contributed by atoms with E-state index in [1.807, 2.05) is 27.0 Å². The minimum absolute atomic E-state index is 0.0543. The summed E-state index contributed by atoms with van der Waals surface area (Å²) in [6, 6.07) is 0. The van der Waals surface area contributed by atoms with E-state index in [9.17, 15) is 4.79 Å². The first-order valence-corrected chi connectivity index (χ1v) is 13.4. The fourth-order valence-corrected chi connectivity index (χ4v) is 4.92. The van der Waals surface area contributed by atoms with Crippen LogP contribution in [0.15, 0.2) is 18.5 Å². The molecule has 3 saturated carbocycles. The Kier molecular flexibility index (Phi) is 5.32. The van der Waals surface area contributed by atoms with Crippen molar-refractivity contribution in [2.24, 2.45) is 0 Å². The van der Waals surface area contributed by atoms with Crippen LogP contribution in [0.3, 0.4) is 0 Å². The Morgan fingerprint density at radius 2 is 1.86 bits per heavy atom.